The van der Waals surface area contributed by atoms with Gasteiger partial charge >= 0.3 is 0 Å². The lowest BCUT2D eigenvalue weighted by Crippen LogP contribution is -2.45. The predicted molar refractivity (Wildman–Crippen MR) is 124 cm³/mol. The number of nitrogens with zero attached hydrogens (tertiary/aromatic N) is 2. The molecule has 2 aliphatic heterocycles. The third-order valence-corrected chi connectivity index (χ3v) is 7.79. The van der Waals surface area contributed by atoms with Crippen LogP contribution in [0.3, 0.4) is 0 Å². The number of hydrogen-bond donors (Lipinski definition) is 3. The Morgan fingerprint density at radius 2 is 1.84 bits per heavy atom. The molecule has 0 atom stereocenters. The predicted octanol–water partition coefficient (Wildman–Crippen LogP) is 2.06. The quantitative estimate of drug-likeness (QED) is 0.435. The third-order valence-electron chi connectivity index (χ3n) is 6.23. The van der Waals surface area contributed by atoms with Crippen molar-refractivity contribution in [1.29, 1.82) is 5.41 Å². The fraction of sp³-hybridized carbons (Fsp3) is 0.435. The summed E-state index contributed by atoms with van der Waals surface area (Å²) in [5.41, 5.74) is 9.00. The SMILES string of the molecule is N=C(N)N1CCc2ccc(OCC3CCN(S(=O)(=O)NCc4ccccc4)CC3)cc2C1. The van der Waals surface area contributed by atoms with Gasteiger partial charge in [-0.25, -0.2) is 0 Å². The van der Waals surface area contributed by atoms with Crippen molar-refractivity contribution in [2.45, 2.75) is 32.4 Å². The Hall–Kier alpha value is -2.62. The second-order valence-corrected chi connectivity index (χ2v) is 10.2. The summed E-state index contributed by atoms with van der Waals surface area (Å²) in [5.74, 6) is 1.23. The molecule has 4 rings (SSSR count). The molecular weight excluding hydrogens is 426 g/mol. The molecule has 2 aromatic carbocycles. The summed E-state index contributed by atoms with van der Waals surface area (Å²) in [6.07, 6.45) is 2.42. The molecule has 0 aromatic heterocycles. The van der Waals surface area contributed by atoms with E-state index in [9.17, 15) is 8.42 Å². The normalized spacial score (nSPS) is 17.7. The summed E-state index contributed by atoms with van der Waals surface area (Å²) in [4.78, 5) is 1.86. The van der Waals surface area contributed by atoms with E-state index in [2.05, 4.69) is 10.8 Å². The van der Waals surface area contributed by atoms with Crippen LogP contribution in [0, 0.1) is 11.3 Å². The first kappa shape index (κ1) is 22.6. The summed E-state index contributed by atoms with van der Waals surface area (Å²) < 4.78 is 35.5. The number of nitrogens with two attached hydrogens (primary N) is 1. The van der Waals surface area contributed by atoms with Crippen molar-refractivity contribution in [2.24, 2.45) is 11.7 Å². The van der Waals surface area contributed by atoms with Gasteiger partial charge in [0, 0.05) is 32.7 Å². The van der Waals surface area contributed by atoms with Crippen LogP contribution in [-0.2, 0) is 29.7 Å². The van der Waals surface area contributed by atoms with Crippen molar-refractivity contribution < 1.29 is 13.2 Å². The molecule has 0 bridgehead atoms. The Labute approximate surface area is 190 Å². The molecule has 1 saturated heterocycles. The second-order valence-electron chi connectivity index (χ2n) is 8.45. The maximum absolute atomic E-state index is 12.6. The van der Waals surface area contributed by atoms with Crippen LogP contribution in [0.5, 0.6) is 5.75 Å². The van der Waals surface area contributed by atoms with Crippen molar-refractivity contribution in [3.05, 3.63) is 65.2 Å². The van der Waals surface area contributed by atoms with Crippen molar-refractivity contribution in [3.63, 3.8) is 0 Å². The summed E-state index contributed by atoms with van der Waals surface area (Å²) in [5, 5.41) is 7.65. The Kier molecular flexibility index (Phi) is 6.98. The number of fused-ring (bicyclic) bond motifs is 1. The molecule has 8 nitrogen and oxygen atoms in total. The smallest absolute Gasteiger partial charge is 0.279 e. The van der Waals surface area contributed by atoms with Gasteiger partial charge in [0.1, 0.15) is 5.75 Å². The number of ether oxygens (including phenoxy) is 1. The van der Waals surface area contributed by atoms with Gasteiger partial charge in [-0.05, 0) is 54.0 Å². The zero-order valence-electron chi connectivity index (χ0n) is 18.2. The average molecular weight is 458 g/mol. The first-order chi connectivity index (χ1) is 15.4. The first-order valence-corrected chi connectivity index (χ1v) is 12.5. The van der Waals surface area contributed by atoms with Crippen LogP contribution < -0.4 is 15.2 Å². The van der Waals surface area contributed by atoms with Crippen LogP contribution in [-0.4, -0.2) is 49.8 Å². The van der Waals surface area contributed by atoms with Crippen molar-refractivity contribution in [2.75, 3.05) is 26.2 Å². The van der Waals surface area contributed by atoms with Gasteiger partial charge in [-0.1, -0.05) is 36.4 Å². The Morgan fingerprint density at radius 1 is 1.09 bits per heavy atom. The van der Waals surface area contributed by atoms with Gasteiger partial charge in [0.25, 0.3) is 10.2 Å². The van der Waals surface area contributed by atoms with E-state index in [4.69, 9.17) is 15.9 Å². The molecule has 2 aliphatic rings. The largest absolute Gasteiger partial charge is 0.493 e. The highest BCUT2D eigenvalue weighted by atomic mass is 32.2. The second kappa shape index (κ2) is 9.89. The number of piperidine rings is 1. The lowest BCUT2D eigenvalue weighted by Gasteiger charge is -2.31. The minimum Gasteiger partial charge on any atom is -0.493 e. The molecule has 4 N–H and O–H groups in total. The summed E-state index contributed by atoms with van der Waals surface area (Å²) in [6, 6.07) is 15.7. The molecule has 1 fully saturated rings. The molecular formula is C23H31N5O3S. The maximum atomic E-state index is 12.6. The van der Waals surface area contributed by atoms with Gasteiger partial charge in [-0.3, -0.25) is 5.41 Å². The van der Waals surface area contributed by atoms with Crippen LogP contribution in [0.25, 0.3) is 0 Å². The lowest BCUT2D eigenvalue weighted by atomic mass is 9.98. The van der Waals surface area contributed by atoms with Crippen LogP contribution in [0.4, 0.5) is 0 Å². The van der Waals surface area contributed by atoms with E-state index in [0.717, 1.165) is 42.7 Å². The van der Waals surface area contributed by atoms with Gasteiger partial charge in [-0.15, -0.1) is 0 Å². The lowest BCUT2D eigenvalue weighted by molar-refractivity contribution is 0.184. The van der Waals surface area contributed by atoms with Crippen LogP contribution in [0.15, 0.2) is 48.5 Å². The molecule has 9 heteroatoms. The zero-order valence-corrected chi connectivity index (χ0v) is 19.0. The minimum atomic E-state index is -3.48. The topological polar surface area (TPSA) is 112 Å². The Bertz CT molecular complexity index is 1040. The number of rotatable bonds is 7. The molecule has 2 aromatic rings. The summed E-state index contributed by atoms with van der Waals surface area (Å²) >= 11 is 0. The van der Waals surface area contributed by atoms with E-state index in [1.807, 2.05) is 47.4 Å². The monoisotopic (exact) mass is 457 g/mol. The fourth-order valence-electron chi connectivity index (χ4n) is 4.22. The van der Waals surface area contributed by atoms with Crippen LogP contribution in [0.1, 0.15) is 29.5 Å². The molecule has 0 radical (unpaired) electrons. The van der Waals surface area contributed by atoms with E-state index in [0.29, 0.717) is 38.7 Å². The van der Waals surface area contributed by atoms with E-state index in [1.54, 1.807) is 0 Å². The van der Waals surface area contributed by atoms with Gasteiger partial charge in [0.15, 0.2) is 5.96 Å². The highest BCUT2D eigenvalue weighted by molar-refractivity contribution is 7.87. The van der Waals surface area contributed by atoms with Crippen molar-refractivity contribution >= 4 is 16.2 Å². The average Bonchev–Trinajstić information content (AvgIpc) is 2.82. The van der Waals surface area contributed by atoms with Crippen molar-refractivity contribution in [1.82, 2.24) is 13.9 Å². The third kappa shape index (κ3) is 5.59. The van der Waals surface area contributed by atoms with Gasteiger partial charge < -0.3 is 15.4 Å². The van der Waals surface area contributed by atoms with Crippen LogP contribution >= 0.6 is 0 Å². The van der Waals surface area contributed by atoms with E-state index < -0.39 is 10.2 Å². The molecule has 0 unspecified atom stereocenters. The molecule has 0 saturated carbocycles. The number of benzene rings is 2. The molecule has 2 heterocycles. The highest BCUT2D eigenvalue weighted by Crippen LogP contribution is 2.26. The minimum absolute atomic E-state index is 0.0990. The standard InChI is InChI=1S/C23H31N5O3S/c24-23(25)27-11-10-20-6-7-22(14-21(20)16-27)31-17-19-8-12-28(13-9-19)32(29,30)26-15-18-4-2-1-3-5-18/h1-7,14,19,26H,8-13,15-17H2,(H3,24,25). The van der Waals surface area contributed by atoms with E-state index in [-0.39, 0.29) is 5.96 Å². The summed E-state index contributed by atoms with van der Waals surface area (Å²) in [6.45, 7) is 3.26. The fourth-order valence-corrected chi connectivity index (χ4v) is 5.44. The summed E-state index contributed by atoms with van der Waals surface area (Å²) in [7, 11) is -3.48. The Balaban J connectivity index is 1.25. The first-order valence-electron chi connectivity index (χ1n) is 11.0. The van der Waals surface area contributed by atoms with Gasteiger partial charge in [0.2, 0.25) is 0 Å². The molecule has 0 spiro atoms. The maximum Gasteiger partial charge on any atom is 0.279 e. The Morgan fingerprint density at radius 3 is 2.56 bits per heavy atom. The number of nitrogens with one attached hydrogen (secondary N) is 2. The number of hydrogen-bond acceptors (Lipinski definition) is 4. The van der Waals surface area contributed by atoms with Crippen LogP contribution in [0.2, 0.25) is 0 Å². The van der Waals surface area contributed by atoms with Crippen molar-refractivity contribution in [3.8, 4) is 5.75 Å². The molecule has 0 amide bonds. The zero-order chi connectivity index (χ0) is 22.6. The molecule has 172 valence electrons. The van der Waals surface area contributed by atoms with Gasteiger partial charge in [-0.2, -0.15) is 17.4 Å². The molecule has 32 heavy (non-hydrogen) atoms. The number of guanidine groups is 1. The highest BCUT2D eigenvalue weighted by Gasteiger charge is 2.28. The van der Waals surface area contributed by atoms with E-state index in [1.165, 1.54) is 9.87 Å². The molecule has 0 aliphatic carbocycles. The van der Waals surface area contributed by atoms with Gasteiger partial charge in [0.05, 0.1) is 6.61 Å². The van der Waals surface area contributed by atoms with E-state index >= 15 is 0 Å².